The standard InChI is InChI=1S/C19H17ClF2N2O2/c1-10-7-11(2)16(13(20)8-10)24-18(26)19(5-6-19)17(25)23-12-3-4-14(21)15(22)9-12/h3-4,7-9H,5-6H2,1-2H3,(H,23,25)(H,24,26). The summed E-state index contributed by atoms with van der Waals surface area (Å²) in [5.74, 6) is -3.10. The van der Waals surface area contributed by atoms with Crippen molar-refractivity contribution < 1.29 is 18.4 Å². The molecule has 0 atom stereocenters. The smallest absolute Gasteiger partial charge is 0.240 e. The molecule has 7 heteroatoms. The third-order valence-corrected chi connectivity index (χ3v) is 4.77. The van der Waals surface area contributed by atoms with Gasteiger partial charge in [-0.3, -0.25) is 9.59 Å². The van der Waals surface area contributed by atoms with E-state index in [0.717, 1.165) is 23.3 Å². The van der Waals surface area contributed by atoms with Crippen LogP contribution in [0.5, 0.6) is 0 Å². The molecule has 2 amide bonds. The van der Waals surface area contributed by atoms with Gasteiger partial charge in [0.2, 0.25) is 11.8 Å². The number of benzene rings is 2. The van der Waals surface area contributed by atoms with E-state index in [2.05, 4.69) is 10.6 Å². The van der Waals surface area contributed by atoms with Crippen molar-refractivity contribution in [1.29, 1.82) is 0 Å². The van der Waals surface area contributed by atoms with Crippen molar-refractivity contribution in [3.63, 3.8) is 0 Å². The maximum atomic E-state index is 13.3. The number of anilines is 2. The predicted molar refractivity (Wildman–Crippen MR) is 96.2 cm³/mol. The van der Waals surface area contributed by atoms with E-state index < -0.39 is 28.9 Å². The third-order valence-electron chi connectivity index (χ3n) is 4.47. The van der Waals surface area contributed by atoms with Gasteiger partial charge in [-0.25, -0.2) is 8.78 Å². The Labute approximate surface area is 154 Å². The fourth-order valence-electron chi connectivity index (χ4n) is 2.81. The molecule has 3 rings (SSSR count). The van der Waals surface area contributed by atoms with Crippen molar-refractivity contribution in [3.8, 4) is 0 Å². The molecule has 26 heavy (non-hydrogen) atoms. The van der Waals surface area contributed by atoms with Crippen molar-refractivity contribution in [2.75, 3.05) is 10.6 Å². The van der Waals surface area contributed by atoms with E-state index in [1.165, 1.54) is 6.07 Å². The monoisotopic (exact) mass is 378 g/mol. The average Bonchev–Trinajstić information content (AvgIpc) is 3.36. The molecule has 2 N–H and O–H groups in total. The Kier molecular flexibility index (Phi) is 4.71. The van der Waals surface area contributed by atoms with E-state index in [1.807, 2.05) is 19.9 Å². The molecule has 0 spiro atoms. The lowest BCUT2D eigenvalue weighted by molar-refractivity contribution is -0.131. The summed E-state index contributed by atoms with van der Waals surface area (Å²) in [5, 5.41) is 5.60. The van der Waals surface area contributed by atoms with Gasteiger partial charge in [0.15, 0.2) is 11.6 Å². The Morgan fingerprint density at radius 3 is 2.23 bits per heavy atom. The minimum absolute atomic E-state index is 0.0949. The highest BCUT2D eigenvalue weighted by molar-refractivity contribution is 6.34. The minimum Gasteiger partial charge on any atom is -0.325 e. The topological polar surface area (TPSA) is 58.2 Å². The summed E-state index contributed by atoms with van der Waals surface area (Å²) in [5.41, 5.74) is 1.08. The normalized spacial score (nSPS) is 14.7. The summed E-state index contributed by atoms with van der Waals surface area (Å²) < 4.78 is 26.3. The fourth-order valence-corrected chi connectivity index (χ4v) is 3.18. The number of rotatable bonds is 4. The van der Waals surface area contributed by atoms with Crippen molar-refractivity contribution in [1.82, 2.24) is 0 Å². The van der Waals surface area contributed by atoms with Crippen LogP contribution in [-0.2, 0) is 9.59 Å². The third kappa shape index (κ3) is 3.42. The van der Waals surface area contributed by atoms with E-state index in [0.29, 0.717) is 23.6 Å². The molecule has 4 nitrogen and oxygen atoms in total. The van der Waals surface area contributed by atoms with Gasteiger partial charge in [-0.05, 0) is 56.0 Å². The second-order valence-corrected chi connectivity index (χ2v) is 6.97. The maximum absolute atomic E-state index is 13.3. The van der Waals surface area contributed by atoms with Crippen LogP contribution in [0.3, 0.4) is 0 Å². The summed E-state index contributed by atoms with van der Waals surface area (Å²) in [6.07, 6.45) is 0.744. The lowest BCUT2D eigenvalue weighted by Gasteiger charge is -2.17. The molecule has 0 bridgehead atoms. The van der Waals surface area contributed by atoms with Gasteiger partial charge in [0.05, 0.1) is 10.7 Å². The van der Waals surface area contributed by atoms with Crippen LogP contribution in [0.4, 0.5) is 20.2 Å². The highest BCUT2D eigenvalue weighted by Gasteiger charge is 2.56. The van der Waals surface area contributed by atoms with Gasteiger partial charge in [-0.1, -0.05) is 17.7 Å². The van der Waals surface area contributed by atoms with Crippen LogP contribution >= 0.6 is 11.6 Å². The van der Waals surface area contributed by atoms with E-state index in [9.17, 15) is 18.4 Å². The molecule has 0 saturated heterocycles. The first-order valence-corrected chi connectivity index (χ1v) is 8.45. The number of hydrogen-bond donors (Lipinski definition) is 2. The first-order valence-electron chi connectivity index (χ1n) is 8.08. The zero-order chi connectivity index (χ0) is 19.1. The van der Waals surface area contributed by atoms with E-state index >= 15 is 0 Å². The zero-order valence-electron chi connectivity index (χ0n) is 14.3. The van der Waals surface area contributed by atoms with Crippen LogP contribution in [0, 0.1) is 30.9 Å². The molecule has 0 radical (unpaired) electrons. The van der Waals surface area contributed by atoms with Crippen molar-refractivity contribution in [2.24, 2.45) is 5.41 Å². The van der Waals surface area contributed by atoms with Crippen LogP contribution in [0.1, 0.15) is 24.0 Å². The second-order valence-electron chi connectivity index (χ2n) is 6.56. The molecule has 0 heterocycles. The molecule has 1 fully saturated rings. The maximum Gasteiger partial charge on any atom is 0.240 e. The van der Waals surface area contributed by atoms with Gasteiger partial charge >= 0.3 is 0 Å². The molecular weight excluding hydrogens is 362 g/mol. The lowest BCUT2D eigenvalue weighted by atomic mass is 10.0. The van der Waals surface area contributed by atoms with Gasteiger partial charge in [0.1, 0.15) is 5.41 Å². The quantitative estimate of drug-likeness (QED) is 0.764. The zero-order valence-corrected chi connectivity index (χ0v) is 15.0. The Bertz CT molecular complexity index is 887. The van der Waals surface area contributed by atoms with Crippen LogP contribution in [0.2, 0.25) is 5.02 Å². The molecule has 1 saturated carbocycles. The predicted octanol–water partition coefficient (Wildman–Crippen LogP) is 4.59. The highest BCUT2D eigenvalue weighted by atomic mass is 35.5. The van der Waals surface area contributed by atoms with Crippen LogP contribution < -0.4 is 10.6 Å². The molecule has 1 aliphatic rings. The molecule has 0 aliphatic heterocycles. The number of nitrogens with one attached hydrogen (secondary N) is 2. The van der Waals surface area contributed by atoms with Crippen molar-refractivity contribution in [2.45, 2.75) is 26.7 Å². The summed E-state index contributed by atoms with van der Waals surface area (Å²) >= 11 is 6.20. The first kappa shape index (κ1) is 18.3. The summed E-state index contributed by atoms with van der Waals surface area (Å²) in [7, 11) is 0. The number of carbonyl (C=O) groups excluding carboxylic acids is 2. The van der Waals surface area contributed by atoms with E-state index in [4.69, 9.17) is 11.6 Å². The van der Waals surface area contributed by atoms with Crippen LogP contribution in [0.15, 0.2) is 30.3 Å². The molecular formula is C19H17ClF2N2O2. The van der Waals surface area contributed by atoms with Crippen LogP contribution in [0.25, 0.3) is 0 Å². The molecule has 1 aliphatic carbocycles. The van der Waals surface area contributed by atoms with E-state index in [-0.39, 0.29) is 5.69 Å². The summed E-state index contributed by atoms with van der Waals surface area (Å²) in [4.78, 5) is 25.2. The summed E-state index contributed by atoms with van der Waals surface area (Å²) in [6, 6.07) is 6.64. The molecule has 0 unspecified atom stereocenters. The number of carbonyl (C=O) groups is 2. The van der Waals surface area contributed by atoms with Gasteiger partial charge < -0.3 is 10.6 Å². The van der Waals surface area contributed by atoms with Crippen molar-refractivity contribution >= 4 is 34.8 Å². The highest BCUT2D eigenvalue weighted by Crippen LogP contribution is 2.48. The number of amides is 2. The number of halogens is 3. The lowest BCUT2D eigenvalue weighted by Crippen LogP contribution is -2.36. The molecule has 136 valence electrons. The molecule has 2 aromatic rings. The van der Waals surface area contributed by atoms with Gasteiger partial charge in [0, 0.05) is 11.8 Å². The van der Waals surface area contributed by atoms with Crippen LogP contribution in [-0.4, -0.2) is 11.8 Å². The fraction of sp³-hybridized carbons (Fsp3) is 0.263. The Morgan fingerprint density at radius 1 is 1.00 bits per heavy atom. The van der Waals surface area contributed by atoms with Crippen molar-refractivity contribution in [3.05, 3.63) is 58.1 Å². The SMILES string of the molecule is Cc1cc(C)c(NC(=O)C2(C(=O)Nc3ccc(F)c(F)c3)CC2)c(Cl)c1. The second kappa shape index (κ2) is 6.68. The number of aryl methyl sites for hydroxylation is 2. The number of hydrogen-bond acceptors (Lipinski definition) is 2. The van der Waals surface area contributed by atoms with Gasteiger partial charge in [-0.2, -0.15) is 0 Å². The molecule has 0 aromatic heterocycles. The summed E-state index contributed by atoms with van der Waals surface area (Å²) in [6.45, 7) is 3.71. The Hall–Kier alpha value is -2.47. The Balaban J connectivity index is 1.76. The first-order chi connectivity index (χ1) is 12.2. The minimum atomic E-state index is -1.23. The largest absolute Gasteiger partial charge is 0.325 e. The van der Waals surface area contributed by atoms with E-state index in [1.54, 1.807) is 6.07 Å². The Morgan fingerprint density at radius 2 is 1.65 bits per heavy atom. The van der Waals surface area contributed by atoms with Gasteiger partial charge in [-0.15, -0.1) is 0 Å². The molecule has 2 aromatic carbocycles. The van der Waals surface area contributed by atoms with Gasteiger partial charge in [0.25, 0.3) is 0 Å². The average molecular weight is 379 g/mol.